The van der Waals surface area contributed by atoms with E-state index < -0.39 is 29.0 Å². The van der Waals surface area contributed by atoms with Crippen molar-refractivity contribution in [2.24, 2.45) is 0 Å². The van der Waals surface area contributed by atoms with E-state index in [1.54, 1.807) is 0 Å². The summed E-state index contributed by atoms with van der Waals surface area (Å²) in [6.45, 7) is 3.94. The van der Waals surface area contributed by atoms with Crippen molar-refractivity contribution in [3.63, 3.8) is 0 Å². The summed E-state index contributed by atoms with van der Waals surface area (Å²) >= 11 is 0. The minimum atomic E-state index is -1.51. The first-order valence-corrected chi connectivity index (χ1v) is 5.88. The number of halogens is 4. The predicted octanol–water partition coefficient (Wildman–Crippen LogP) is 2.32. The second kappa shape index (κ2) is 5.58. The van der Waals surface area contributed by atoms with Crippen LogP contribution in [-0.4, -0.2) is 21.0 Å². The lowest BCUT2D eigenvalue weighted by Gasteiger charge is -2.11. The van der Waals surface area contributed by atoms with E-state index >= 15 is 0 Å². The van der Waals surface area contributed by atoms with E-state index in [-0.39, 0.29) is 24.3 Å². The molecule has 0 radical (unpaired) electrons. The number of nitrogens with zero attached hydrogens (tertiary/aromatic N) is 3. The summed E-state index contributed by atoms with van der Waals surface area (Å²) in [4.78, 5) is 0. The predicted molar refractivity (Wildman–Crippen MR) is 63.2 cm³/mol. The molecule has 2 aromatic rings. The summed E-state index contributed by atoms with van der Waals surface area (Å²) in [5.74, 6) is -6.00. The largest absolute Gasteiger partial charge is 0.309 e. The fraction of sp³-hybridized carbons (Fsp3) is 0.333. The second-order valence-corrected chi connectivity index (χ2v) is 4.49. The Bertz CT molecular complexity index is 598. The highest BCUT2D eigenvalue weighted by molar-refractivity contribution is 5.37. The van der Waals surface area contributed by atoms with Gasteiger partial charge >= 0.3 is 0 Å². The van der Waals surface area contributed by atoms with Crippen LogP contribution in [0.5, 0.6) is 0 Å². The van der Waals surface area contributed by atoms with Crippen molar-refractivity contribution in [2.75, 3.05) is 0 Å². The smallest absolute Gasteiger partial charge is 0.187 e. The van der Waals surface area contributed by atoms with Crippen LogP contribution in [0.3, 0.4) is 0 Å². The number of benzene rings is 1. The molecular weight excluding hydrogens is 276 g/mol. The van der Waals surface area contributed by atoms with Crippen LogP contribution in [0.25, 0.3) is 5.69 Å². The van der Waals surface area contributed by atoms with Crippen molar-refractivity contribution in [1.82, 2.24) is 20.3 Å². The van der Waals surface area contributed by atoms with Gasteiger partial charge in [-0.05, 0) is 0 Å². The van der Waals surface area contributed by atoms with Gasteiger partial charge in [-0.1, -0.05) is 19.1 Å². The van der Waals surface area contributed by atoms with Crippen molar-refractivity contribution in [1.29, 1.82) is 0 Å². The lowest BCUT2D eigenvalue weighted by atomic mass is 10.2. The quantitative estimate of drug-likeness (QED) is 0.693. The molecule has 0 atom stereocenters. The highest BCUT2D eigenvalue weighted by Gasteiger charge is 2.23. The first-order valence-electron chi connectivity index (χ1n) is 5.88. The summed E-state index contributed by atoms with van der Waals surface area (Å²) in [7, 11) is 0. The van der Waals surface area contributed by atoms with Gasteiger partial charge in [0, 0.05) is 18.7 Å². The molecule has 0 saturated heterocycles. The lowest BCUT2D eigenvalue weighted by molar-refractivity contribution is 0.440. The van der Waals surface area contributed by atoms with Crippen LogP contribution in [0.4, 0.5) is 17.6 Å². The van der Waals surface area contributed by atoms with Gasteiger partial charge in [-0.3, -0.25) is 0 Å². The molecule has 0 saturated carbocycles. The molecule has 0 bridgehead atoms. The van der Waals surface area contributed by atoms with Crippen LogP contribution in [0.2, 0.25) is 0 Å². The van der Waals surface area contributed by atoms with Crippen molar-refractivity contribution in [3.05, 3.63) is 41.2 Å². The van der Waals surface area contributed by atoms with E-state index in [1.165, 1.54) is 6.20 Å². The Balaban J connectivity index is 2.50. The maximum Gasteiger partial charge on any atom is 0.187 e. The molecule has 8 heteroatoms. The van der Waals surface area contributed by atoms with Crippen LogP contribution in [0.1, 0.15) is 19.5 Å². The molecule has 1 aromatic carbocycles. The number of rotatable bonds is 4. The Morgan fingerprint density at radius 3 is 2.30 bits per heavy atom. The third kappa shape index (κ3) is 2.64. The third-order valence-electron chi connectivity index (χ3n) is 2.61. The number of hydrogen-bond acceptors (Lipinski definition) is 3. The molecule has 20 heavy (non-hydrogen) atoms. The van der Waals surface area contributed by atoms with E-state index in [9.17, 15) is 17.6 Å². The van der Waals surface area contributed by atoms with Gasteiger partial charge < -0.3 is 5.32 Å². The molecule has 0 aliphatic rings. The van der Waals surface area contributed by atoms with Gasteiger partial charge in [0.2, 0.25) is 0 Å². The highest BCUT2D eigenvalue weighted by Crippen LogP contribution is 2.23. The summed E-state index contributed by atoms with van der Waals surface area (Å²) < 4.78 is 54.5. The van der Waals surface area contributed by atoms with Gasteiger partial charge in [-0.15, -0.1) is 5.10 Å². The van der Waals surface area contributed by atoms with Gasteiger partial charge in [-0.2, -0.15) is 0 Å². The number of nitrogens with one attached hydrogen (secondary N) is 1. The summed E-state index contributed by atoms with van der Waals surface area (Å²) in [5.41, 5.74) is -0.637. The molecule has 0 amide bonds. The molecule has 0 aliphatic heterocycles. The zero-order valence-corrected chi connectivity index (χ0v) is 10.8. The second-order valence-electron chi connectivity index (χ2n) is 4.49. The van der Waals surface area contributed by atoms with E-state index in [2.05, 4.69) is 15.6 Å². The highest BCUT2D eigenvalue weighted by atomic mass is 19.2. The number of hydrogen-bond donors (Lipinski definition) is 1. The van der Waals surface area contributed by atoms with E-state index in [4.69, 9.17) is 0 Å². The van der Waals surface area contributed by atoms with Crippen molar-refractivity contribution >= 4 is 0 Å². The Morgan fingerprint density at radius 2 is 1.75 bits per heavy atom. The molecule has 1 N–H and O–H groups in total. The van der Waals surface area contributed by atoms with Gasteiger partial charge in [0.1, 0.15) is 5.69 Å². The zero-order valence-electron chi connectivity index (χ0n) is 10.8. The molecule has 0 spiro atoms. The molecular formula is C12H12F4N4. The average Bonchev–Trinajstić information content (AvgIpc) is 2.83. The van der Waals surface area contributed by atoms with Gasteiger partial charge in [0.25, 0.3) is 0 Å². The van der Waals surface area contributed by atoms with Crippen LogP contribution in [0, 0.1) is 23.3 Å². The fourth-order valence-corrected chi connectivity index (χ4v) is 1.62. The van der Waals surface area contributed by atoms with E-state index in [1.807, 2.05) is 13.8 Å². The minimum Gasteiger partial charge on any atom is -0.309 e. The van der Waals surface area contributed by atoms with Gasteiger partial charge in [0.05, 0.1) is 11.9 Å². The van der Waals surface area contributed by atoms with Crippen LogP contribution >= 0.6 is 0 Å². The lowest BCUT2D eigenvalue weighted by Crippen LogP contribution is -2.24. The number of aromatic nitrogens is 3. The summed E-state index contributed by atoms with van der Waals surface area (Å²) in [6.07, 6.45) is 1.26. The molecule has 108 valence electrons. The topological polar surface area (TPSA) is 42.7 Å². The average molecular weight is 288 g/mol. The molecule has 4 nitrogen and oxygen atoms in total. The molecule has 0 unspecified atom stereocenters. The monoisotopic (exact) mass is 288 g/mol. The van der Waals surface area contributed by atoms with Gasteiger partial charge in [-0.25, -0.2) is 22.2 Å². The Kier molecular flexibility index (Phi) is 4.03. The zero-order chi connectivity index (χ0) is 14.9. The Labute approximate surface area is 112 Å². The first kappa shape index (κ1) is 14.4. The van der Waals surface area contributed by atoms with Crippen molar-refractivity contribution in [3.8, 4) is 5.69 Å². The van der Waals surface area contributed by atoms with Gasteiger partial charge in [0.15, 0.2) is 23.3 Å². The maximum atomic E-state index is 13.7. The molecule has 1 aromatic heterocycles. The molecule has 2 rings (SSSR count). The summed E-state index contributed by atoms with van der Waals surface area (Å²) in [6, 6.07) is 0.259. The minimum absolute atomic E-state index is 0.109. The Morgan fingerprint density at radius 1 is 1.15 bits per heavy atom. The SMILES string of the molecule is CC(C)NCc1cnnn1-c1c(F)c(F)cc(F)c1F. The summed E-state index contributed by atoms with van der Waals surface area (Å²) in [5, 5.41) is 9.99. The molecule has 0 aliphatic carbocycles. The molecule has 0 fully saturated rings. The van der Waals surface area contributed by atoms with Crippen LogP contribution < -0.4 is 5.32 Å². The molecule has 1 heterocycles. The maximum absolute atomic E-state index is 13.7. The van der Waals surface area contributed by atoms with E-state index in [0.717, 1.165) is 4.68 Å². The standard InChI is InChI=1S/C12H12F4N4/c1-6(2)17-4-7-5-18-19-20(7)12-10(15)8(13)3-9(14)11(12)16/h3,5-6,17H,4H2,1-2H3. The first-order chi connectivity index (χ1) is 9.41. The normalized spacial score (nSPS) is 11.3. The van der Waals surface area contributed by atoms with Crippen LogP contribution in [0.15, 0.2) is 12.3 Å². The van der Waals surface area contributed by atoms with Crippen molar-refractivity contribution in [2.45, 2.75) is 26.4 Å². The van der Waals surface area contributed by atoms with E-state index in [0.29, 0.717) is 0 Å². The third-order valence-corrected chi connectivity index (χ3v) is 2.61. The fourth-order valence-electron chi connectivity index (χ4n) is 1.62. The van der Waals surface area contributed by atoms with Crippen LogP contribution in [-0.2, 0) is 6.54 Å². The Hall–Kier alpha value is -1.96. The van der Waals surface area contributed by atoms with Crippen molar-refractivity contribution < 1.29 is 17.6 Å².